The quantitative estimate of drug-likeness (QED) is 0.616. The molecule has 2 aromatic carbocycles. The number of hydrogen-bond donors (Lipinski definition) is 2. The predicted octanol–water partition coefficient (Wildman–Crippen LogP) is 4.13. The number of hydrogen-bond acceptors (Lipinski definition) is 6. The summed E-state index contributed by atoms with van der Waals surface area (Å²) >= 11 is 0. The van der Waals surface area contributed by atoms with Crippen LogP contribution in [0.25, 0.3) is 0 Å². The van der Waals surface area contributed by atoms with E-state index in [0.29, 0.717) is 12.6 Å². The van der Waals surface area contributed by atoms with Gasteiger partial charge in [0.2, 0.25) is 5.95 Å². The topological polar surface area (TPSA) is 68.3 Å². The number of benzene rings is 2. The van der Waals surface area contributed by atoms with Gasteiger partial charge in [-0.15, -0.1) is 0 Å². The summed E-state index contributed by atoms with van der Waals surface area (Å²) in [6.45, 7) is 3.34. The van der Waals surface area contributed by atoms with Gasteiger partial charge < -0.3 is 15.5 Å². The second kappa shape index (κ2) is 8.05. The molecule has 0 saturated heterocycles. The standard InChI is InChI=1S/C21H22N4O2/c1-15(16-6-3-2-4-7-16)24-20-11-13-23-21(25-20)22-12-10-17-8-5-9-19-18(17)14-26-27-19/h2-9,11,13,15H,10,12,14H2,1H3,(H2,22,23,24,25). The molecule has 1 unspecified atom stereocenters. The lowest BCUT2D eigenvalue weighted by molar-refractivity contribution is -0.194. The molecule has 0 fully saturated rings. The van der Waals surface area contributed by atoms with Gasteiger partial charge in [-0.3, -0.25) is 0 Å². The van der Waals surface area contributed by atoms with Crippen LogP contribution in [0, 0.1) is 0 Å². The van der Waals surface area contributed by atoms with E-state index in [-0.39, 0.29) is 6.04 Å². The number of aromatic nitrogens is 2. The van der Waals surface area contributed by atoms with Gasteiger partial charge >= 0.3 is 0 Å². The lowest BCUT2D eigenvalue weighted by Crippen LogP contribution is -2.12. The molecule has 4 rings (SSSR count). The van der Waals surface area contributed by atoms with Gasteiger partial charge in [-0.2, -0.15) is 9.87 Å². The number of rotatable bonds is 7. The fourth-order valence-corrected chi connectivity index (χ4v) is 3.12. The van der Waals surface area contributed by atoms with E-state index in [4.69, 9.17) is 9.78 Å². The van der Waals surface area contributed by atoms with E-state index in [9.17, 15) is 0 Å². The van der Waals surface area contributed by atoms with Gasteiger partial charge in [0.25, 0.3) is 0 Å². The molecule has 2 N–H and O–H groups in total. The molecule has 6 heteroatoms. The molecule has 1 aromatic heterocycles. The monoisotopic (exact) mass is 362 g/mol. The van der Waals surface area contributed by atoms with Crippen molar-refractivity contribution >= 4 is 11.8 Å². The molecular weight excluding hydrogens is 340 g/mol. The largest absolute Gasteiger partial charge is 0.363 e. The molecule has 0 spiro atoms. The van der Waals surface area contributed by atoms with Crippen LogP contribution in [0.3, 0.4) is 0 Å². The highest BCUT2D eigenvalue weighted by Gasteiger charge is 2.17. The van der Waals surface area contributed by atoms with Gasteiger partial charge in [0, 0.05) is 24.3 Å². The van der Waals surface area contributed by atoms with Crippen molar-refractivity contribution in [3.63, 3.8) is 0 Å². The zero-order valence-electron chi connectivity index (χ0n) is 15.2. The molecule has 1 aliphatic heterocycles. The van der Waals surface area contributed by atoms with Crippen LogP contribution in [-0.4, -0.2) is 16.5 Å². The molecular formula is C21H22N4O2. The van der Waals surface area contributed by atoms with Crippen LogP contribution >= 0.6 is 0 Å². The van der Waals surface area contributed by atoms with Crippen LogP contribution in [0.2, 0.25) is 0 Å². The first kappa shape index (κ1) is 17.3. The number of fused-ring (bicyclic) bond motifs is 1. The van der Waals surface area contributed by atoms with E-state index in [1.54, 1.807) is 6.20 Å². The Kier molecular flexibility index (Phi) is 5.16. The summed E-state index contributed by atoms with van der Waals surface area (Å²) in [4.78, 5) is 19.1. The minimum absolute atomic E-state index is 0.167. The SMILES string of the molecule is CC(Nc1ccnc(NCCc2cccc3c2COO3)n1)c1ccccc1. The Bertz CT molecular complexity index is 902. The molecule has 0 bridgehead atoms. The molecule has 6 nitrogen and oxygen atoms in total. The maximum atomic E-state index is 5.14. The third-order valence-electron chi connectivity index (χ3n) is 4.58. The molecule has 2 heterocycles. The Morgan fingerprint density at radius 3 is 2.85 bits per heavy atom. The fourth-order valence-electron chi connectivity index (χ4n) is 3.12. The zero-order chi connectivity index (χ0) is 18.5. The molecule has 1 atom stereocenters. The van der Waals surface area contributed by atoms with Crippen LogP contribution in [-0.2, 0) is 17.9 Å². The van der Waals surface area contributed by atoms with Gasteiger partial charge in [-0.05, 0) is 36.6 Å². The summed E-state index contributed by atoms with van der Waals surface area (Å²) in [6, 6.07) is 18.3. The van der Waals surface area contributed by atoms with Crippen molar-refractivity contribution in [2.75, 3.05) is 17.2 Å². The lowest BCUT2D eigenvalue weighted by Gasteiger charge is -2.15. The van der Waals surface area contributed by atoms with E-state index in [1.807, 2.05) is 36.4 Å². The fraction of sp³-hybridized carbons (Fsp3) is 0.238. The van der Waals surface area contributed by atoms with Crippen LogP contribution < -0.4 is 15.5 Å². The Morgan fingerprint density at radius 1 is 1.07 bits per heavy atom. The Balaban J connectivity index is 1.35. The van der Waals surface area contributed by atoms with E-state index in [0.717, 1.165) is 30.1 Å². The van der Waals surface area contributed by atoms with Gasteiger partial charge in [-0.1, -0.05) is 42.5 Å². The number of nitrogens with zero attached hydrogens (tertiary/aromatic N) is 2. The summed E-state index contributed by atoms with van der Waals surface area (Å²) in [5.41, 5.74) is 3.55. The van der Waals surface area contributed by atoms with Crippen molar-refractivity contribution in [1.82, 2.24) is 9.97 Å². The first-order valence-corrected chi connectivity index (χ1v) is 9.08. The third-order valence-corrected chi connectivity index (χ3v) is 4.58. The second-order valence-electron chi connectivity index (χ2n) is 6.46. The molecule has 27 heavy (non-hydrogen) atoms. The van der Waals surface area contributed by atoms with Crippen LogP contribution in [0.5, 0.6) is 5.75 Å². The van der Waals surface area contributed by atoms with Crippen molar-refractivity contribution in [3.8, 4) is 5.75 Å². The van der Waals surface area contributed by atoms with Gasteiger partial charge in [0.05, 0.1) is 0 Å². The Hall–Kier alpha value is -3.12. The average molecular weight is 362 g/mol. The molecule has 1 aliphatic rings. The minimum atomic E-state index is 0.167. The van der Waals surface area contributed by atoms with E-state index in [2.05, 4.69) is 45.7 Å². The molecule has 138 valence electrons. The van der Waals surface area contributed by atoms with Crippen molar-refractivity contribution in [3.05, 3.63) is 77.5 Å². The van der Waals surface area contributed by atoms with Gasteiger partial charge in [-0.25, -0.2) is 4.98 Å². The smallest absolute Gasteiger partial charge is 0.224 e. The van der Waals surface area contributed by atoms with Gasteiger partial charge in [0.1, 0.15) is 12.4 Å². The lowest BCUT2D eigenvalue weighted by atomic mass is 10.0. The second-order valence-corrected chi connectivity index (χ2v) is 6.46. The van der Waals surface area contributed by atoms with Crippen molar-refractivity contribution < 1.29 is 9.78 Å². The highest BCUT2D eigenvalue weighted by Crippen LogP contribution is 2.29. The minimum Gasteiger partial charge on any atom is -0.363 e. The average Bonchev–Trinajstić information content (AvgIpc) is 3.19. The van der Waals surface area contributed by atoms with Crippen LogP contribution in [0.4, 0.5) is 11.8 Å². The first-order chi connectivity index (χ1) is 13.3. The van der Waals surface area contributed by atoms with E-state index in [1.165, 1.54) is 11.1 Å². The maximum absolute atomic E-state index is 5.14. The molecule has 0 radical (unpaired) electrons. The highest BCUT2D eigenvalue weighted by atomic mass is 17.2. The third kappa shape index (κ3) is 4.17. The molecule has 0 saturated carbocycles. The summed E-state index contributed by atoms with van der Waals surface area (Å²) in [5.74, 6) is 2.22. The van der Waals surface area contributed by atoms with Crippen molar-refractivity contribution in [2.45, 2.75) is 26.0 Å². The molecule has 3 aromatic rings. The Morgan fingerprint density at radius 2 is 1.96 bits per heavy atom. The number of anilines is 2. The van der Waals surface area contributed by atoms with Crippen molar-refractivity contribution in [1.29, 1.82) is 0 Å². The Labute approximate surface area is 158 Å². The maximum Gasteiger partial charge on any atom is 0.224 e. The highest BCUT2D eigenvalue weighted by molar-refractivity contribution is 5.43. The summed E-state index contributed by atoms with van der Waals surface area (Å²) < 4.78 is 0. The normalized spacial score (nSPS) is 13.5. The van der Waals surface area contributed by atoms with Crippen LogP contribution in [0.15, 0.2) is 60.8 Å². The van der Waals surface area contributed by atoms with E-state index < -0.39 is 0 Å². The zero-order valence-corrected chi connectivity index (χ0v) is 15.2. The van der Waals surface area contributed by atoms with Crippen molar-refractivity contribution in [2.24, 2.45) is 0 Å². The van der Waals surface area contributed by atoms with Crippen LogP contribution in [0.1, 0.15) is 29.7 Å². The first-order valence-electron chi connectivity index (χ1n) is 9.08. The van der Waals surface area contributed by atoms with Gasteiger partial charge in [0.15, 0.2) is 5.75 Å². The summed E-state index contributed by atoms with van der Waals surface area (Å²) in [7, 11) is 0. The molecule has 0 aliphatic carbocycles. The summed E-state index contributed by atoms with van der Waals surface area (Å²) in [6.07, 6.45) is 2.61. The number of nitrogens with one attached hydrogen (secondary N) is 2. The summed E-state index contributed by atoms with van der Waals surface area (Å²) in [5, 5.41) is 6.71. The molecule has 0 amide bonds. The van der Waals surface area contributed by atoms with E-state index >= 15 is 0 Å². The predicted molar refractivity (Wildman–Crippen MR) is 105 cm³/mol.